The Kier molecular flexibility index (Phi) is 4.74. The molecule has 0 amide bonds. The Morgan fingerprint density at radius 3 is 2.89 bits per heavy atom. The Balaban J connectivity index is 2.23. The Morgan fingerprint density at radius 1 is 1.37 bits per heavy atom. The summed E-state index contributed by atoms with van der Waals surface area (Å²) in [5.74, 6) is 0.828. The zero-order valence-corrected chi connectivity index (χ0v) is 12.6. The van der Waals surface area contributed by atoms with Crippen molar-refractivity contribution in [2.24, 2.45) is 0 Å². The van der Waals surface area contributed by atoms with Gasteiger partial charge in [-0.1, -0.05) is 12.1 Å². The first-order chi connectivity index (χ1) is 9.11. The van der Waals surface area contributed by atoms with Gasteiger partial charge in [-0.05, 0) is 34.1 Å². The molecular weight excluding hydrogens is 308 g/mol. The molecule has 0 bridgehead atoms. The van der Waals surface area contributed by atoms with Crippen LogP contribution < -0.4 is 4.90 Å². The number of fused-ring (bicyclic) bond motifs is 1. The fraction of sp³-hybridized carbons (Fsp3) is 0.357. The highest BCUT2D eigenvalue weighted by Gasteiger charge is 2.10. The van der Waals surface area contributed by atoms with Gasteiger partial charge in [0.1, 0.15) is 5.82 Å². The zero-order chi connectivity index (χ0) is 13.8. The maximum Gasteiger partial charge on any atom is 0.129 e. The van der Waals surface area contributed by atoms with E-state index in [-0.39, 0.29) is 0 Å². The van der Waals surface area contributed by atoms with E-state index in [2.05, 4.69) is 20.9 Å². The van der Waals surface area contributed by atoms with Crippen LogP contribution in [0, 0.1) is 0 Å². The molecule has 4 nitrogen and oxygen atoms in total. The normalized spacial score (nSPS) is 12.6. The third kappa shape index (κ3) is 3.43. The lowest BCUT2D eigenvalue weighted by molar-refractivity contribution is 0.0694. The second-order valence-electron chi connectivity index (χ2n) is 4.47. The summed E-state index contributed by atoms with van der Waals surface area (Å²) < 4.78 is 5.90. The molecule has 0 radical (unpaired) electrons. The fourth-order valence-corrected chi connectivity index (χ4v) is 2.44. The van der Waals surface area contributed by atoms with E-state index in [1.165, 1.54) is 0 Å². The number of aromatic nitrogens is 1. The molecule has 0 spiro atoms. The number of ether oxygens (including phenoxy) is 1. The van der Waals surface area contributed by atoms with Crippen LogP contribution >= 0.6 is 15.9 Å². The number of halogens is 1. The van der Waals surface area contributed by atoms with Crippen molar-refractivity contribution in [1.29, 1.82) is 0 Å². The van der Waals surface area contributed by atoms with E-state index in [4.69, 9.17) is 4.74 Å². The Hall–Kier alpha value is -1.17. The number of benzene rings is 1. The van der Waals surface area contributed by atoms with Crippen LogP contribution in [-0.2, 0) is 4.74 Å². The third-order valence-electron chi connectivity index (χ3n) is 2.89. The Bertz CT molecular complexity index is 562. The summed E-state index contributed by atoms with van der Waals surface area (Å²) in [7, 11) is 3.48. The average Bonchev–Trinajstić information content (AvgIpc) is 2.39. The van der Waals surface area contributed by atoms with E-state index in [1.54, 1.807) is 7.11 Å². The molecule has 2 aromatic rings. The fourth-order valence-electron chi connectivity index (χ4n) is 1.97. The Labute approximate surface area is 121 Å². The third-order valence-corrected chi connectivity index (χ3v) is 3.53. The molecule has 0 saturated heterocycles. The lowest BCUT2D eigenvalue weighted by Gasteiger charge is -2.21. The van der Waals surface area contributed by atoms with Gasteiger partial charge in [-0.25, -0.2) is 4.98 Å². The van der Waals surface area contributed by atoms with Gasteiger partial charge in [-0.15, -0.1) is 0 Å². The molecule has 0 fully saturated rings. The second-order valence-corrected chi connectivity index (χ2v) is 5.33. The smallest absolute Gasteiger partial charge is 0.129 e. The predicted octanol–water partition coefficient (Wildman–Crippen LogP) is 2.44. The molecule has 1 heterocycles. The number of hydrogen-bond acceptors (Lipinski definition) is 4. The van der Waals surface area contributed by atoms with Crippen molar-refractivity contribution in [2.45, 2.75) is 6.10 Å². The maximum atomic E-state index is 9.75. The molecule has 19 heavy (non-hydrogen) atoms. The summed E-state index contributed by atoms with van der Waals surface area (Å²) in [5, 5.41) is 10.8. The minimum Gasteiger partial charge on any atom is -0.389 e. The average molecular weight is 325 g/mol. The quantitative estimate of drug-likeness (QED) is 0.917. The van der Waals surface area contributed by atoms with E-state index >= 15 is 0 Å². The molecule has 0 saturated carbocycles. The number of methoxy groups -OCH3 is 1. The van der Waals surface area contributed by atoms with Gasteiger partial charge in [0.15, 0.2) is 0 Å². The maximum absolute atomic E-state index is 9.75. The number of pyridine rings is 1. The number of para-hydroxylation sites is 1. The first kappa shape index (κ1) is 14.2. The van der Waals surface area contributed by atoms with E-state index in [1.807, 2.05) is 42.3 Å². The van der Waals surface area contributed by atoms with Crippen molar-refractivity contribution in [3.05, 3.63) is 34.8 Å². The van der Waals surface area contributed by atoms with Crippen molar-refractivity contribution >= 4 is 32.7 Å². The predicted molar refractivity (Wildman–Crippen MR) is 80.6 cm³/mol. The standard InChI is InChI=1S/C14H17BrN2O2/c1-17(8-11(18)9-19-2)13-7-6-10-4-3-5-12(15)14(10)16-13/h3-7,11,18H,8-9H2,1-2H3. The minimum absolute atomic E-state index is 0.321. The van der Waals surface area contributed by atoms with Crippen LogP contribution in [0.1, 0.15) is 0 Å². The van der Waals surface area contributed by atoms with E-state index in [0.717, 1.165) is 21.2 Å². The topological polar surface area (TPSA) is 45.6 Å². The molecule has 1 N–H and O–H groups in total. The van der Waals surface area contributed by atoms with Gasteiger partial charge in [0.05, 0.1) is 18.2 Å². The van der Waals surface area contributed by atoms with Gasteiger partial charge in [0.2, 0.25) is 0 Å². The van der Waals surface area contributed by atoms with Crippen LogP contribution in [0.25, 0.3) is 10.9 Å². The molecule has 2 rings (SSSR count). The van der Waals surface area contributed by atoms with Gasteiger partial charge < -0.3 is 14.7 Å². The number of rotatable bonds is 5. The largest absolute Gasteiger partial charge is 0.389 e. The lowest BCUT2D eigenvalue weighted by atomic mass is 10.2. The monoisotopic (exact) mass is 324 g/mol. The summed E-state index contributed by atoms with van der Waals surface area (Å²) in [6, 6.07) is 9.96. The van der Waals surface area contributed by atoms with Gasteiger partial charge in [-0.3, -0.25) is 0 Å². The van der Waals surface area contributed by atoms with Crippen LogP contribution in [0.15, 0.2) is 34.8 Å². The highest BCUT2D eigenvalue weighted by molar-refractivity contribution is 9.10. The van der Waals surface area contributed by atoms with Crippen LogP contribution in [0.2, 0.25) is 0 Å². The van der Waals surface area contributed by atoms with E-state index in [0.29, 0.717) is 13.2 Å². The highest BCUT2D eigenvalue weighted by atomic mass is 79.9. The zero-order valence-electron chi connectivity index (χ0n) is 11.0. The van der Waals surface area contributed by atoms with Crippen molar-refractivity contribution in [3.8, 4) is 0 Å². The summed E-state index contributed by atoms with van der Waals surface area (Å²) in [6.07, 6.45) is -0.522. The van der Waals surface area contributed by atoms with Crippen LogP contribution in [0.3, 0.4) is 0 Å². The Morgan fingerprint density at radius 2 is 2.16 bits per heavy atom. The molecular formula is C14H17BrN2O2. The number of aliphatic hydroxyl groups is 1. The molecule has 0 aliphatic carbocycles. The summed E-state index contributed by atoms with van der Waals surface area (Å²) in [6.45, 7) is 0.804. The highest BCUT2D eigenvalue weighted by Crippen LogP contribution is 2.24. The van der Waals surface area contributed by atoms with E-state index < -0.39 is 6.10 Å². The lowest BCUT2D eigenvalue weighted by Crippen LogP contribution is -2.32. The molecule has 0 aliphatic heterocycles. The van der Waals surface area contributed by atoms with Crippen LogP contribution in [-0.4, -0.2) is 43.5 Å². The minimum atomic E-state index is -0.522. The number of nitrogens with zero attached hydrogens (tertiary/aromatic N) is 2. The van der Waals surface area contributed by atoms with Gasteiger partial charge in [0, 0.05) is 30.6 Å². The number of likely N-dealkylation sites (N-methyl/N-ethyl adjacent to an activating group) is 1. The van der Waals surface area contributed by atoms with Crippen LogP contribution in [0.4, 0.5) is 5.82 Å². The first-order valence-electron chi connectivity index (χ1n) is 6.05. The number of anilines is 1. The molecule has 1 aromatic carbocycles. The first-order valence-corrected chi connectivity index (χ1v) is 6.84. The van der Waals surface area contributed by atoms with E-state index in [9.17, 15) is 5.11 Å². The second kappa shape index (κ2) is 6.32. The van der Waals surface area contributed by atoms with Crippen molar-refractivity contribution < 1.29 is 9.84 Å². The van der Waals surface area contributed by atoms with Gasteiger partial charge >= 0.3 is 0 Å². The van der Waals surface area contributed by atoms with Gasteiger partial charge in [-0.2, -0.15) is 0 Å². The molecule has 0 aliphatic rings. The molecule has 1 unspecified atom stereocenters. The van der Waals surface area contributed by atoms with Crippen molar-refractivity contribution in [1.82, 2.24) is 4.98 Å². The van der Waals surface area contributed by atoms with Crippen molar-refractivity contribution in [3.63, 3.8) is 0 Å². The molecule has 1 aromatic heterocycles. The van der Waals surface area contributed by atoms with Crippen LogP contribution in [0.5, 0.6) is 0 Å². The SMILES string of the molecule is COCC(O)CN(C)c1ccc2cccc(Br)c2n1. The number of aliphatic hydroxyl groups excluding tert-OH is 1. The molecule has 5 heteroatoms. The van der Waals surface area contributed by atoms with Crippen molar-refractivity contribution in [2.75, 3.05) is 32.2 Å². The summed E-state index contributed by atoms with van der Waals surface area (Å²) >= 11 is 3.51. The molecule has 1 atom stereocenters. The summed E-state index contributed by atoms with van der Waals surface area (Å²) in [4.78, 5) is 6.53. The summed E-state index contributed by atoms with van der Waals surface area (Å²) in [5.41, 5.74) is 0.924. The van der Waals surface area contributed by atoms with Gasteiger partial charge in [0.25, 0.3) is 0 Å². The molecule has 102 valence electrons. The number of hydrogen-bond donors (Lipinski definition) is 1.